The SMILES string of the molecule is Nc1ccc2scc(I)c2c1C(F)F. The summed E-state index contributed by atoms with van der Waals surface area (Å²) in [7, 11) is 0. The average molecular weight is 325 g/mol. The highest BCUT2D eigenvalue weighted by Gasteiger charge is 2.18. The molecule has 0 bridgehead atoms. The van der Waals surface area contributed by atoms with Crippen LogP contribution in [-0.2, 0) is 0 Å². The maximum absolute atomic E-state index is 12.7. The summed E-state index contributed by atoms with van der Waals surface area (Å²) in [6, 6.07) is 3.32. The lowest BCUT2D eigenvalue weighted by Gasteiger charge is -2.06. The van der Waals surface area contributed by atoms with E-state index in [1.165, 1.54) is 17.4 Å². The molecule has 0 spiro atoms. The Balaban J connectivity index is 2.87. The van der Waals surface area contributed by atoms with Crippen LogP contribution in [0.3, 0.4) is 0 Å². The van der Waals surface area contributed by atoms with E-state index >= 15 is 0 Å². The third-order valence-corrected chi connectivity index (χ3v) is 4.21. The predicted molar refractivity (Wildman–Crippen MR) is 63.9 cm³/mol. The van der Waals surface area contributed by atoms with Crippen LogP contribution in [0, 0.1) is 3.57 Å². The van der Waals surface area contributed by atoms with Gasteiger partial charge in [-0.1, -0.05) is 0 Å². The number of halogens is 3. The smallest absolute Gasteiger partial charge is 0.266 e. The molecule has 0 amide bonds. The van der Waals surface area contributed by atoms with Crippen molar-refractivity contribution in [2.75, 3.05) is 5.73 Å². The van der Waals surface area contributed by atoms with E-state index in [4.69, 9.17) is 5.73 Å². The molecule has 14 heavy (non-hydrogen) atoms. The van der Waals surface area contributed by atoms with Crippen molar-refractivity contribution < 1.29 is 8.78 Å². The summed E-state index contributed by atoms with van der Waals surface area (Å²) in [5.41, 5.74) is 5.67. The second kappa shape index (κ2) is 3.62. The van der Waals surface area contributed by atoms with E-state index in [0.29, 0.717) is 5.39 Å². The van der Waals surface area contributed by atoms with Gasteiger partial charge in [0.15, 0.2) is 0 Å². The van der Waals surface area contributed by atoms with Crippen LogP contribution < -0.4 is 5.73 Å². The number of benzene rings is 1. The monoisotopic (exact) mass is 325 g/mol. The average Bonchev–Trinajstić information content (AvgIpc) is 2.47. The normalized spacial score (nSPS) is 11.4. The molecular formula is C9H6F2INS. The van der Waals surface area contributed by atoms with Crippen molar-refractivity contribution in [2.24, 2.45) is 0 Å². The maximum Gasteiger partial charge on any atom is 0.266 e. The largest absolute Gasteiger partial charge is 0.398 e. The standard InChI is InChI=1S/C9H6F2INS/c10-9(11)8-5(13)1-2-6-7(8)4(12)3-14-6/h1-3,9H,13H2. The molecule has 1 aromatic heterocycles. The van der Waals surface area contributed by atoms with Crippen LogP contribution >= 0.6 is 33.9 Å². The predicted octanol–water partition coefficient (Wildman–Crippen LogP) is 4.03. The van der Waals surface area contributed by atoms with Crippen LogP contribution in [0.4, 0.5) is 14.5 Å². The lowest BCUT2D eigenvalue weighted by Crippen LogP contribution is -1.95. The van der Waals surface area contributed by atoms with Gasteiger partial charge in [-0.05, 0) is 34.7 Å². The summed E-state index contributed by atoms with van der Waals surface area (Å²) in [6.07, 6.45) is -2.51. The molecule has 5 heteroatoms. The van der Waals surface area contributed by atoms with Gasteiger partial charge in [0, 0.05) is 24.7 Å². The van der Waals surface area contributed by atoms with Gasteiger partial charge in [-0.3, -0.25) is 0 Å². The Labute approximate surface area is 97.1 Å². The van der Waals surface area contributed by atoms with Gasteiger partial charge in [0.2, 0.25) is 0 Å². The number of fused-ring (bicyclic) bond motifs is 1. The van der Waals surface area contributed by atoms with Crippen LogP contribution in [-0.4, -0.2) is 0 Å². The van der Waals surface area contributed by atoms with Crippen LogP contribution in [0.2, 0.25) is 0 Å². The molecule has 1 aromatic carbocycles. The number of thiophene rings is 1. The van der Waals surface area contributed by atoms with E-state index in [1.807, 2.05) is 5.38 Å². The second-order valence-electron chi connectivity index (χ2n) is 2.83. The van der Waals surface area contributed by atoms with E-state index in [-0.39, 0.29) is 11.3 Å². The lowest BCUT2D eigenvalue weighted by atomic mass is 10.1. The first-order valence-corrected chi connectivity index (χ1v) is 5.80. The van der Waals surface area contributed by atoms with Crippen molar-refractivity contribution in [1.29, 1.82) is 0 Å². The van der Waals surface area contributed by atoms with Gasteiger partial charge in [-0.25, -0.2) is 8.78 Å². The molecule has 0 aliphatic rings. The molecule has 1 nitrogen and oxygen atoms in total. The number of alkyl halides is 2. The third kappa shape index (κ3) is 1.48. The van der Waals surface area contributed by atoms with Crippen molar-refractivity contribution >= 4 is 49.7 Å². The fraction of sp³-hybridized carbons (Fsp3) is 0.111. The van der Waals surface area contributed by atoms with Gasteiger partial charge in [-0.15, -0.1) is 11.3 Å². The molecule has 0 fully saturated rings. The van der Waals surface area contributed by atoms with Crippen LogP contribution in [0.15, 0.2) is 17.5 Å². The molecule has 2 aromatic rings. The quantitative estimate of drug-likeness (QED) is 0.622. The summed E-state index contributed by atoms with van der Waals surface area (Å²) in [6.45, 7) is 0. The van der Waals surface area contributed by atoms with Crippen LogP contribution in [0.25, 0.3) is 10.1 Å². The van der Waals surface area contributed by atoms with Crippen molar-refractivity contribution in [3.8, 4) is 0 Å². The lowest BCUT2D eigenvalue weighted by molar-refractivity contribution is 0.154. The van der Waals surface area contributed by atoms with Gasteiger partial charge < -0.3 is 5.73 Å². The topological polar surface area (TPSA) is 26.0 Å². The molecule has 0 aliphatic heterocycles. The molecule has 0 aliphatic carbocycles. The van der Waals surface area contributed by atoms with Gasteiger partial charge in [0.1, 0.15) is 0 Å². The van der Waals surface area contributed by atoms with Crippen molar-refractivity contribution in [3.05, 3.63) is 26.6 Å². The molecule has 74 valence electrons. The van der Waals surface area contributed by atoms with E-state index < -0.39 is 6.43 Å². The molecular weight excluding hydrogens is 319 g/mol. The summed E-state index contributed by atoms with van der Waals surface area (Å²) >= 11 is 3.51. The first kappa shape index (κ1) is 10.1. The number of nitrogens with two attached hydrogens (primary N) is 1. The Morgan fingerprint density at radius 3 is 2.71 bits per heavy atom. The number of nitrogen functional groups attached to an aromatic ring is 1. The first-order valence-electron chi connectivity index (χ1n) is 3.84. The van der Waals surface area contributed by atoms with Crippen molar-refractivity contribution in [3.63, 3.8) is 0 Å². The van der Waals surface area contributed by atoms with E-state index in [9.17, 15) is 8.78 Å². The molecule has 0 radical (unpaired) electrons. The Hall–Kier alpha value is -0.430. The fourth-order valence-electron chi connectivity index (χ4n) is 1.37. The maximum atomic E-state index is 12.7. The number of anilines is 1. The summed E-state index contributed by atoms with van der Waals surface area (Å²) in [5.74, 6) is 0. The second-order valence-corrected chi connectivity index (χ2v) is 4.90. The molecule has 0 atom stereocenters. The zero-order chi connectivity index (χ0) is 10.3. The van der Waals surface area contributed by atoms with Gasteiger partial charge in [0.25, 0.3) is 6.43 Å². The summed E-state index contributed by atoms with van der Waals surface area (Å²) in [5, 5.41) is 2.46. The number of hydrogen-bond acceptors (Lipinski definition) is 2. The Morgan fingerprint density at radius 1 is 1.36 bits per heavy atom. The zero-order valence-electron chi connectivity index (χ0n) is 6.93. The minimum atomic E-state index is -2.51. The number of hydrogen-bond donors (Lipinski definition) is 1. The van der Waals surface area contributed by atoms with Crippen molar-refractivity contribution in [1.82, 2.24) is 0 Å². The van der Waals surface area contributed by atoms with E-state index in [2.05, 4.69) is 22.6 Å². The number of rotatable bonds is 1. The third-order valence-electron chi connectivity index (χ3n) is 1.99. The zero-order valence-corrected chi connectivity index (χ0v) is 9.90. The highest BCUT2D eigenvalue weighted by atomic mass is 127. The minimum absolute atomic E-state index is 0.0341. The highest BCUT2D eigenvalue weighted by molar-refractivity contribution is 14.1. The van der Waals surface area contributed by atoms with Gasteiger partial charge in [-0.2, -0.15) is 0 Å². The molecule has 2 N–H and O–H groups in total. The van der Waals surface area contributed by atoms with Crippen LogP contribution in [0.1, 0.15) is 12.0 Å². The summed E-state index contributed by atoms with van der Waals surface area (Å²) < 4.78 is 27.2. The Bertz CT molecular complexity index is 481. The Kier molecular flexibility index (Phi) is 2.61. The molecule has 2 rings (SSSR count). The fourth-order valence-corrected chi connectivity index (χ4v) is 3.35. The molecule has 0 saturated heterocycles. The Morgan fingerprint density at radius 2 is 2.07 bits per heavy atom. The molecule has 0 saturated carbocycles. The highest BCUT2D eigenvalue weighted by Crippen LogP contribution is 2.38. The van der Waals surface area contributed by atoms with E-state index in [0.717, 1.165) is 8.27 Å². The van der Waals surface area contributed by atoms with Crippen molar-refractivity contribution in [2.45, 2.75) is 6.43 Å². The molecule has 1 heterocycles. The molecule has 0 unspecified atom stereocenters. The van der Waals surface area contributed by atoms with Crippen LogP contribution in [0.5, 0.6) is 0 Å². The first-order chi connectivity index (χ1) is 6.61. The van der Waals surface area contributed by atoms with E-state index in [1.54, 1.807) is 6.07 Å². The minimum Gasteiger partial charge on any atom is -0.398 e. The van der Waals surface area contributed by atoms with Gasteiger partial charge in [0.05, 0.1) is 5.56 Å². The van der Waals surface area contributed by atoms with Gasteiger partial charge >= 0.3 is 0 Å². The summed E-state index contributed by atoms with van der Waals surface area (Å²) in [4.78, 5) is 0.